The third-order valence-electron chi connectivity index (χ3n) is 7.48. The molecule has 0 bridgehead atoms. The van der Waals surface area contributed by atoms with Gasteiger partial charge in [0, 0.05) is 34.9 Å². The van der Waals surface area contributed by atoms with E-state index in [1.807, 2.05) is 18.2 Å². The first kappa shape index (κ1) is 28.9. The van der Waals surface area contributed by atoms with Gasteiger partial charge in [0.2, 0.25) is 0 Å². The van der Waals surface area contributed by atoms with Crippen molar-refractivity contribution in [2.75, 3.05) is 34.5 Å². The number of rotatable bonds is 9. The van der Waals surface area contributed by atoms with Gasteiger partial charge >= 0.3 is 11.9 Å². The molecule has 212 valence electrons. The van der Waals surface area contributed by atoms with Crippen LogP contribution >= 0.6 is 0 Å². The molecule has 1 aliphatic carbocycles. The van der Waals surface area contributed by atoms with Gasteiger partial charge in [0.1, 0.15) is 23.2 Å². The molecule has 0 saturated heterocycles. The van der Waals surface area contributed by atoms with Crippen molar-refractivity contribution < 1.29 is 38.1 Å². The Balaban J connectivity index is 1.93. The second kappa shape index (κ2) is 12.4. The number of fused-ring (bicyclic) bond motifs is 1. The molecular weight excluding hydrogens is 514 g/mol. The summed E-state index contributed by atoms with van der Waals surface area (Å²) in [4.78, 5) is 46.0. The van der Waals surface area contributed by atoms with Crippen LogP contribution in [0.5, 0.6) is 17.2 Å². The third-order valence-corrected chi connectivity index (χ3v) is 7.48. The van der Waals surface area contributed by atoms with Gasteiger partial charge in [-0.25, -0.2) is 4.79 Å². The summed E-state index contributed by atoms with van der Waals surface area (Å²) in [5, 5.41) is 0. The molecule has 9 heteroatoms. The van der Waals surface area contributed by atoms with Crippen molar-refractivity contribution in [1.82, 2.24) is 0 Å². The van der Waals surface area contributed by atoms with E-state index in [9.17, 15) is 14.4 Å². The number of methoxy groups -OCH3 is 3. The largest absolute Gasteiger partial charge is 0.497 e. The Morgan fingerprint density at radius 3 is 2.25 bits per heavy atom. The van der Waals surface area contributed by atoms with E-state index in [1.165, 1.54) is 7.11 Å². The van der Waals surface area contributed by atoms with Crippen LogP contribution in [0, 0.1) is 11.8 Å². The predicted octanol–water partition coefficient (Wildman–Crippen LogP) is 4.64. The van der Waals surface area contributed by atoms with Crippen molar-refractivity contribution in [3.63, 3.8) is 0 Å². The van der Waals surface area contributed by atoms with E-state index in [0.717, 1.165) is 5.56 Å². The lowest BCUT2D eigenvalue weighted by Crippen LogP contribution is -2.48. The zero-order valence-electron chi connectivity index (χ0n) is 23.7. The van der Waals surface area contributed by atoms with Gasteiger partial charge in [-0.3, -0.25) is 14.6 Å². The summed E-state index contributed by atoms with van der Waals surface area (Å²) in [5.74, 6) is -3.25. The van der Waals surface area contributed by atoms with Crippen LogP contribution in [0.2, 0.25) is 0 Å². The molecule has 1 heterocycles. The van der Waals surface area contributed by atoms with Crippen LogP contribution in [-0.4, -0.2) is 58.0 Å². The fourth-order valence-electron chi connectivity index (χ4n) is 5.75. The third kappa shape index (κ3) is 5.33. The van der Waals surface area contributed by atoms with Gasteiger partial charge in [-0.2, -0.15) is 0 Å². The summed E-state index contributed by atoms with van der Waals surface area (Å²) in [5.41, 5.74) is 2.67. The number of esters is 2. The summed E-state index contributed by atoms with van der Waals surface area (Å²) in [6.07, 6.45) is 0.315. The number of aliphatic imine (C=N–C) groups is 1. The second-order valence-electron chi connectivity index (χ2n) is 9.61. The lowest BCUT2D eigenvalue weighted by atomic mass is 9.62. The summed E-state index contributed by atoms with van der Waals surface area (Å²) < 4.78 is 27.3. The van der Waals surface area contributed by atoms with Crippen LogP contribution in [0.3, 0.4) is 0 Å². The Bertz CT molecular complexity index is 1360. The number of ketones is 1. The van der Waals surface area contributed by atoms with Crippen LogP contribution in [0.25, 0.3) is 0 Å². The first-order valence-electron chi connectivity index (χ1n) is 13.3. The van der Waals surface area contributed by atoms with E-state index in [2.05, 4.69) is 0 Å². The van der Waals surface area contributed by atoms with Crippen molar-refractivity contribution in [3.05, 3.63) is 64.9 Å². The van der Waals surface area contributed by atoms with Crippen molar-refractivity contribution in [2.24, 2.45) is 16.8 Å². The molecular formula is C31H35NO8. The minimum atomic E-state index is -1.11. The maximum Gasteiger partial charge on any atom is 0.336 e. The average molecular weight is 550 g/mol. The number of benzene rings is 2. The van der Waals surface area contributed by atoms with Gasteiger partial charge in [0.15, 0.2) is 5.78 Å². The first-order valence-corrected chi connectivity index (χ1v) is 13.3. The highest BCUT2D eigenvalue weighted by atomic mass is 16.5. The number of carbonyl (C=O) groups excluding carboxylic acids is 3. The van der Waals surface area contributed by atoms with Gasteiger partial charge in [-0.1, -0.05) is 18.2 Å². The zero-order valence-corrected chi connectivity index (χ0v) is 23.7. The van der Waals surface area contributed by atoms with Crippen molar-refractivity contribution in [2.45, 2.75) is 39.0 Å². The van der Waals surface area contributed by atoms with Crippen LogP contribution < -0.4 is 14.2 Å². The Hall–Kier alpha value is -4.14. The van der Waals surface area contributed by atoms with Crippen LogP contribution in [0.1, 0.15) is 50.2 Å². The number of carbonyl (C=O) groups is 3. The molecule has 0 amide bonds. The molecule has 0 spiro atoms. The van der Waals surface area contributed by atoms with Crippen LogP contribution in [0.15, 0.2) is 58.7 Å². The topological polar surface area (TPSA) is 110 Å². The van der Waals surface area contributed by atoms with E-state index < -0.39 is 35.6 Å². The maximum atomic E-state index is 14.5. The van der Waals surface area contributed by atoms with Gasteiger partial charge in [-0.05, 0) is 51.0 Å². The highest BCUT2D eigenvalue weighted by Crippen LogP contribution is 2.50. The molecule has 1 unspecified atom stereocenters. The summed E-state index contributed by atoms with van der Waals surface area (Å²) >= 11 is 0. The number of hydrogen-bond donors (Lipinski definition) is 0. The molecule has 0 radical (unpaired) electrons. The SMILES string of the molecule is CCOC(=O)C1=C(C)N=C2C[C@@H](c3cccc(OC)c3)[C@H](C(=O)OCC)C(=O)C2[C@@H]1c1ccc(OC)cc1OC. The van der Waals surface area contributed by atoms with E-state index in [1.54, 1.807) is 59.3 Å². The molecule has 4 rings (SSSR count). The predicted molar refractivity (Wildman–Crippen MR) is 148 cm³/mol. The van der Waals surface area contributed by atoms with Gasteiger partial charge in [0.25, 0.3) is 0 Å². The molecule has 0 aromatic heterocycles. The van der Waals surface area contributed by atoms with Crippen LogP contribution in [0.4, 0.5) is 0 Å². The standard InChI is InChI=1S/C31H35NO8/c1-7-39-30(34)25-17(3)32-23-16-22(18-10-9-11-19(14-18)36-4)27(31(35)40-8-2)29(33)28(23)26(25)21-13-12-20(37-5)15-24(21)38-6/h9-15,22,26-28H,7-8,16H2,1-6H3/t22-,26+,27-,28?/m0/s1. The molecule has 1 aliphatic heterocycles. The minimum Gasteiger partial charge on any atom is -0.497 e. The van der Waals surface area contributed by atoms with Crippen molar-refractivity contribution in [3.8, 4) is 17.2 Å². The number of nitrogens with zero attached hydrogens (tertiary/aromatic N) is 1. The second-order valence-corrected chi connectivity index (χ2v) is 9.61. The van der Waals surface area contributed by atoms with E-state index >= 15 is 0 Å². The Labute approximate surface area is 234 Å². The van der Waals surface area contributed by atoms with Gasteiger partial charge < -0.3 is 23.7 Å². The Morgan fingerprint density at radius 2 is 1.60 bits per heavy atom. The zero-order chi connectivity index (χ0) is 29.0. The molecule has 4 atom stereocenters. The number of Topliss-reactive ketones (excluding diaryl/α,β-unsaturated/α-hetero) is 1. The molecule has 2 aromatic carbocycles. The van der Waals surface area contributed by atoms with E-state index in [-0.39, 0.29) is 24.6 Å². The van der Waals surface area contributed by atoms with Crippen LogP contribution in [-0.2, 0) is 23.9 Å². The van der Waals surface area contributed by atoms with Gasteiger partial charge in [0.05, 0.1) is 46.0 Å². The van der Waals surface area contributed by atoms with Gasteiger partial charge in [-0.15, -0.1) is 0 Å². The lowest BCUT2D eigenvalue weighted by Gasteiger charge is -2.41. The molecule has 9 nitrogen and oxygen atoms in total. The number of allylic oxidation sites excluding steroid dienone is 1. The molecule has 2 aliphatic rings. The lowest BCUT2D eigenvalue weighted by molar-refractivity contribution is -0.153. The quantitative estimate of drug-likeness (QED) is 0.329. The Kier molecular flexibility index (Phi) is 8.92. The average Bonchev–Trinajstić information content (AvgIpc) is 2.96. The van der Waals surface area contributed by atoms with E-state index in [0.29, 0.717) is 40.6 Å². The number of ether oxygens (including phenoxy) is 5. The fourth-order valence-corrected chi connectivity index (χ4v) is 5.75. The summed E-state index contributed by atoms with van der Waals surface area (Å²) in [6.45, 7) is 5.44. The maximum absolute atomic E-state index is 14.5. The highest BCUT2D eigenvalue weighted by Gasteiger charge is 2.53. The minimum absolute atomic E-state index is 0.127. The fraction of sp³-hybridized carbons (Fsp3) is 0.419. The highest BCUT2D eigenvalue weighted by molar-refractivity contribution is 6.18. The Morgan fingerprint density at radius 1 is 0.900 bits per heavy atom. The normalized spacial score (nSPS) is 22.1. The summed E-state index contributed by atoms with van der Waals surface area (Å²) in [6, 6.07) is 12.5. The van der Waals surface area contributed by atoms with E-state index in [4.69, 9.17) is 28.7 Å². The monoisotopic (exact) mass is 549 g/mol. The molecule has 0 N–H and O–H groups in total. The van der Waals surface area contributed by atoms with Crippen molar-refractivity contribution >= 4 is 23.4 Å². The summed E-state index contributed by atoms with van der Waals surface area (Å²) in [7, 11) is 4.62. The molecule has 1 fully saturated rings. The molecule has 1 saturated carbocycles. The first-order chi connectivity index (χ1) is 19.3. The smallest absolute Gasteiger partial charge is 0.336 e. The molecule has 40 heavy (non-hydrogen) atoms. The molecule has 2 aromatic rings. The number of hydrogen-bond acceptors (Lipinski definition) is 9. The van der Waals surface area contributed by atoms with Crippen molar-refractivity contribution in [1.29, 1.82) is 0 Å².